The molecule has 3 rings (SSSR count). The molecule has 0 aliphatic heterocycles. The van der Waals surface area contributed by atoms with Gasteiger partial charge in [-0.1, -0.05) is 53.7 Å². The predicted octanol–water partition coefficient (Wildman–Crippen LogP) is 4.42. The summed E-state index contributed by atoms with van der Waals surface area (Å²) in [7, 11) is 0. The molecule has 1 N–H and O–H groups in total. The summed E-state index contributed by atoms with van der Waals surface area (Å²) in [5, 5.41) is 7.23. The fourth-order valence-electron chi connectivity index (χ4n) is 1.87. The number of benzene rings is 2. The van der Waals surface area contributed by atoms with E-state index in [1.165, 1.54) is 0 Å². The lowest BCUT2D eigenvalue weighted by Gasteiger charge is -1.97. The van der Waals surface area contributed by atoms with E-state index >= 15 is 0 Å². The molecule has 1 aromatic heterocycles. The highest BCUT2D eigenvalue weighted by Gasteiger charge is 2.03. The van der Waals surface area contributed by atoms with Crippen LogP contribution >= 0.6 is 0 Å². The molecular formula is C17H14N2O. The van der Waals surface area contributed by atoms with Gasteiger partial charge >= 0.3 is 0 Å². The molecular weight excluding hydrogens is 248 g/mol. The maximum Gasteiger partial charge on any atom is 0.161 e. The monoisotopic (exact) mass is 262 g/mol. The van der Waals surface area contributed by atoms with E-state index in [1.54, 1.807) is 0 Å². The van der Waals surface area contributed by atoms with Gasteiger partial charge in [-0.25, -0.2) is 0 Å². The molecule has 1 heterocycles. The topological polar surface area (TPSA) is 38.1 Å². The Morgan fingerprint density at radius 2 is 1.60 bits per heavy atom. The first-order valence-electron chi connectivity index (χ1n) is 6.42. The number of hydrogen-bond acceptors (Lipinski definition) is 3. The Hall–Kier alpha value is -2.81. The Balaban J connectivity index is 1.69. The molecule has 0 amide bonds. The average molecular weight is 262 g/mol. The van der Waals surface area contributed by atoms with Crippen molar-refractivity contribution in [1.29, 1.82) is 0 Å². The van der Waals surface area contributed by atoms with Crippen LogP contribution in [0.5, 0.6) is 0 Å². The lowest BCUT2D eigenvalue weighted by Crippen LogP contribution is -1.84. The van der Waals surface area contributed by atoms with Crippen LogP contribution in [-0.2, 0) is 0 Å². The molecule has 98 valence electrons. The quantitative estimate of drug-likeness (QED) is 0.756. The van der Waals surface area contributed by atoms with Crippen LogP contribution in [0.25, 0.3) is 17.3 Å². The highest BCUT2D eigenvalue weighted by Crippen LogP contribution is 2.19. The number of nitrogens with one attached hydrogen (secondary N) is 1. The third kappa shape index (κ3) is 2.95. The van der Waals surface area contributed by atoms with E-state index in [0.717, 1.165) is 16.9 Å². The first-order valence-corrected chi connectivity index (χ1v) is 6.42. The molecule has 0 bridgehead atoms. The zero-order valence-electron chi connectivity index (χ0n) is 10.9. The third-order valence-corrected chi connectivity index (χ3v) is 2.87. The van der Waals surface area contributed by atoms with Crippen molar-refractivity contribution in [3.8, 4) is 11.3 Å². The van der Waals surface area contributed by atoms with Crippen molar-refractivity contribution in [1.82, 2.24) is 5.16 Å². The number of rotatable bonds is 4. The number of anilines is 1. The molecule has 3 nitrogen and oxygen atoms in total. The molecule has 0 saturated heterocycles. The molecule has 0 atom stereocenters. The van der Waals surface area contributed by atoms with Crippen molar-refractivity contribution < 1.29 is 4.52 Å². The summed E-state index contributed by atoms with van der Waals surface area (Å²) >= 11 is 0. The predicted molar refractivity (Wildman–Crippen MR) is 81.0 cm³/mol. The van der Waals surface area contributed by atoms with E-state index in [-0.39, 0.29) is 0 Å². The van der Waals surface area contributed by atoms with E-state index < -0.39 is 0 Å². The van der Waals surface area contributed by atoms with Gasteiger partial charge in [0.1, 0.15) is 5.69 Å². The Bertz CT molecular complexity index is 687. The van der Waals surface area contributed by atoms with E-state index in [4.69, 9.17) is 4.52 Å². The first kappa shape index (κ1) is 12.2. The van der Waals surface area contributed by atoms with Crippen molar-refractivity contribution in [2.75, 3.05) is 5.32 Å². The van der Waals surface area contributed by atoms with Gasteiger partial charge in [0.15, 0.2) is 5.76 Å². The second kappa shape index (κ2) is 5.89. The van der Waals surface area contributed by atoms with Crippen LogP contribution in [-0.4, -0.2) is 5.16 Å². The molecule has 0 radical (unpaired) electrons. The number of hydrogen-bond donors (Lipinski definition) is 1. The van der Waals surface area contributed by atoms with Crippen LogP contribution in [0.15, 0.2) is 77.5 Å². The van der Waals surface area contributed by atoms with Crippen molar-refractivity contribution >= 4 is 11.8 Å². The molecule has 20 heavy (non-hydrogen) atoms. The van der Waals surface area contributed by atoms with Gasteiger partial charge in [-0.15, -0.1) is 0 Å². The van der Waals surface area contributed by atoms with Gasteiger partial charge in [0.2, 0.25) is 0 Å². The lowest BCUT2D eigenvalue weighted by molar-refractivity contribution is 0.415. The normalized spacial score (nSPS) is 10.8. The van der Waals surface area contributed by atoms with E-state index in [0.29, 0.717) is 5.76 Å². The standard InChI is InChI=1S/C17H14N2O/c1-3-7-14(8-4-1)17-13-16(20-19-17)11-12-18-15-9-5-2-6-10-15/h1-13,18H/b12-11+. The minimum Gasteiger partial charge on any atom is -0.362 e. The summed E-state index contributed by atoms with van der Waals surface area (Å²) in [6.45, 7) is 0. The Kier molecular flexibility index (Phi) is 3.60. The van der Waals surface area contributed by atoms with Crippen LogP contribution in [0.2, 0.25) is 0 Å². The highest BCUT2D eigenvalue weighted by molar-refractivity contribution is 5.62. The van der Waals surface area contributed by atoms with Gasteiger partial charge in [0.25, 0.3) is 0 Å². The Morgan fingerprint density at radius 3 is 2.35 bits per heavy atom. The molecule has 0 spiro atoms. The Labute approximate surface area is 117 Å². The molecule has 3 aromatic rings. The molecule has 0 aliphatic rings. The summed E-state index contributed by atoms with van der Waals surface area (Å²) in [6, 6.07) is 21.8. The first-order chi connectivity index (χ1) is 9.92. The summed E-state index contributed by atoms with van der Waals surface area (Å²) in [6.07, 6.45) is 3.69. The minimum atomic E-state index is 0.715. The van der Waals surface area contributed by atoms with Crippen molar-refractivity contribution in [3.05, 3.63) is 78.7 Å². The zero-order chi connectivity index (χ0) is 13.6. The summed E-state index contributed by atoms with van der Waals surface area (Å²) in [4.78, 5) is 0. The molecule has 3 heteroatoms. The summed E-state index contributed by atoms with van der Waals surface area (Å²) in [5.74, 6) is 0.715. The van der Waals surface area contributed by atoms with Crippen molar-refractivity contribution in [3.63, 3.8) is 0 Å². The number of nitrogens with zero attached hydrogens (tertiary/aromatic N) is 1. The van der Waals surface area contributed by atoms with Gasteiger partial charge in [-0.05, 0) is 18.2 Å². The maximum absolute atomic E-state index is 5.28. The van der Waals surface area contributed by atoms with Crippen LogP contribution in [0, 0.1) is 0 Å². The van der Waals surface area contributed by atoms with Crippen LogP contribution in [0.4, 0.5) is 5.69 Å². The van der Waals surface area contributed by atoms with Gasteiger partial charge < -0.3 is 9.84 Å². The third-order valence-electron chi connectivity index (χ3n) is 2.87. The van der Waals surface area contributed by atoms with Gasteiger partial charge in [0.05, 0.1) is 0 Å². The summed E-state index contributed by atoms with van der Waals surface area (Å²) in [5.41, 5.74) is 2.92. The maximum atomic E-state index is 5.28. The molecule has 2 aromatic carbocycles. The van der Waals surface area contributed by atoms with Crippen LogP contribution in [0.3, 0.4) is 0 Å². The lowest BCUT2D eigenvalue weighted by atomic mass is 10.1. The SMILES string of the molecule is C(=C\c1cc(-c2ccccc2)no1)/Nc1ccccc1. The second-order valence-corrected chi connectivity index (χ2v) is 4.32. The zero-order valence-corrected chi connectivity index (χ0v) is 10.9. The number of para-hydroxylation sites is 1. The molecule has 0 aliphatic carbocycles. The van der Waals surface area contributed by atoms with Crippen LogP contribution < -0.4 is 5.32 Å². The average Bonchev–Trinajstić information content (AvgIpc) is 2.98. The van der Waals surface area contributed by atoms with Gasteiger partial charge in [-0.3, -0.25) is 0 Å². The van der Waals surface area contributed by atoms with E-state index in [9.17, 15) is 0 Å². The van der Waals surface area contributed by atoms with E-state index in [1.807, 2.05) is 79.0 Å². The van der Waals surface area contributed by atoms with Crippen LogP contribution in [0.1, 0.15) is 5.76 Å². The fourth-order valence-corrected chi connectivity index (χ4v) is 1.87. The molecule has 0 unspecified atom stereocenters. The minimum absolute atomic E-state index is 0.715. The van der Waals surface area contributed by atoms with Crippen molar-refractivity contribution in [2.45, 2.75) is 0 Å². The number of aromatic nitrogens is 1. The molecule has 0 saturated carbocycles. The largest absolute Gasteiger partial charge is 0.362 e. The van der Waals surface area contributed by atoms with Gasteiger partial charge in [0, 0.05) is 23.5 Å². The van der Waals surface area contributed by atoms with Crippen molar-refractivity contribution in [2.24, 2.45) is 0 Å². The smallest absolute Gasteiger partial charge is 0.161 e. The second-order valence-electron chi connectivity index (χ2n) is 4.32. The molecule has 0 fully saturated rings. The fraction of sp³-hybridized carbons (Fsp3) is 0. The highest BCUT2D eigenvalue weighted by atomic mass is 16.5. The Morgan fingerprint density at radius 1 is 0.900 bits per heavy atom. The summed E-state index contributed by atoms with van der Waals surface area (Å²) < 4.78 is 5.28. The van der Waals surface area contributed by atoms with Gasteiger partial charge in [-0.2, -0.15) is 0 Å². The van der Waals surface area contributed by atoms with E-state index in [2.05, 4.69) is 10.5 Å².